The van der Waals surface area contributed by atoms with Crippen LogP contribution >= 0.6 is 0 Å². The first-order valence-electron chi connectivity index (χ1n) is 9.51. The maximum absolute atomic E-state index is 11.5. The third-order valence-electron chi connectivity index (χ3n) is 5.33. The van der Waals surface area contributed by atoms with E-state index < -0.39 is 0 Å². The highest BCUT2D eigenvalue weighted by Gasteiger charge is 2.23. The first-order valence-corrected chi connectivity index (χ1v) is 9.51. The van der Waals surface area contributed by atoms with Gasteiger partial charge >= 0.3 is 0 Å². The van der Waals surface area contributed by atoms with E-state index in [1.807, 2.05) is 7.05 Å². The predicted octanol–water partition coefficient (Wildman–Crippen LogP) is 1.14. The molecule has 138 valence electrons. The van der Waals surface area contributed by atoms with Gasteiger partial charge in [-0.25, -0.2) is 0 Å². The molecule has 0 aromatic heterocycles. The Morgan fingerprint density at radius 1 is 1.21 bits per heavy atom. The van der Waals surface area contributed by atoms with Gasteiger partial charge in [-0.05, 0) is 44.1 Å². The molecule has 2 fully saturated rings. The summed E-state index contributed by atoms with van der Waals surface area (Å²) in [6, 6.07) is 0. The minimum absolute atomic E-state index is 0.159. The molecule has 2 aliphatic heterocycles. The van der Waals surface area contributed by atoms with Gasteiger partial charge in [0.25, 0.3) is 0 Å². The molecule has 1 atom stereocenters. The normalized spacial score (nSPS) is 24.0. The molecule has 0 aromatic carbocycles. The van der Waals surface area contributed by atoms with Crippen molar-refractivity contribution in [3.63, 3.8) is 0 Å². The van der Waals surface area contributed by atoms with Gasteiger partial charge in [0.1, 0.15) is 0 Å². The molecule has 0 radical (unpaired) electrons. The monoisotopic (exact) mass is 337 g/mol. The second-order valence-corrected chi connectivity index (χ2v) is 7.33. The average Bonchev–Trinajstić information content (AvgIpc) is 2.59. The lowest BCUT2D eigenvalue weighted by molar-refractivity contribution is -0.121. The highest BCUT2D eigenvalue weighted by Crippen LogP contribution is 2.20. The van der Waals surface area contributed by atoms with E-state index in [0.717, 1.165) is 50.9 Å². The molecule has 0 aromatic rings. The fourth-order valence-corrected chi connectivity index (χ4v) is 3.86. The second kappa shape index (κ2) is 9.87. The van der Waals surface area contributed by atoms with E-state index in [1.54, 1.807) is 7.05 Å². The van der Waals surface area contributed by atoms with Gasteiger partial charge in [-0.2, -0.15) is 0 Å². The summed E-state index contributed by atoms with van der Waals surface area (Å²) in [7, 11) is 3.58. The Balaban J connectivity index is 1.68. The number of aliphatic imine (C=N–C) groups is 1. The van der Waals surface area contributed by atoms with Gasteiger partial charge < -0.3 is 20.4 Å². The lowest BCUT2D eigenvalue weighted by Crippen LogP contribution is -2.48. The molecule has 24 heavy (non-hydrogen) atoms. The van der Waals surface area contributed by atoms with Crippen molar-refractivity contribution in [3.8, 4) is 0 Å². The van der Waals surface area contributed by atoms with E-state index in [4.69, 9.17) is 0 Å². The molecule has 2 N–H and O–H groups in total. The zero-order valence-corrected chi connectivity index (χ0v) is 15.7. The summed E-state index contributed by atoms with van der Waals surface area (Å²) >= 11 is 0. The fourth-order valence-electron chi connectivity index (χ4n) is 3.86. The molecular weight excluding hydrogens is 302 g/mol. The maximum Gasteiger partial charge on any atom is 0.220 e. The average molecular weight is 338 g/mol. The first kappa shape index (κ1) is 19.0. The summed E-state index contributed by atoms with van der Waals surface area (Å²) in [5.41, 5.74) is 0. The van der Waals surface area contributed by atoms with Crippen LogP contribution in [-0.4, -0.2) is 75.0 Å². The van der Waals surface area contributed by atoms with Crippen molar-refractivity contribution < 1.29 is 4.79 Å². The summed E-state index contributed by atoms with van der Waals surface area (Å²) in [5.74, 6) is 2.51. The lowest BCUT2D eigenvalue weighted by Gasteiger charge is -2.35. The third-order valence-corrected chi connectivity index (χ3v) is 5.33. The van der Waals surface area contributed by atoms with Crippen LogP contribution in [0.5, 0.6) is 0 Å². The predicted molar refractivity (Wildman–Crippen MR) is 99.2 cm³/mol. The number of carbonyl (C=O) groups excluding carboxylic acids is 1. The zero-order chi connectivity index (χ0) is 17.4. The van der Waals surface area contributed by atoms with Crippen molar-refractivity contribution in [1.82, 2.24) is 20.4 Å². The van der Waals surface area contributed by atoms with Crippen LogP contribution in [0.1, 0.15) is 39.0 Å². The van der Waals surface area contributed by atoms with Crippen LogP contribution in [0.2, 0.25) is 0 Å². The van der Waals surface area contributed by atoms with Crippen molar-refractivity contribution in [2.24, 2.45) is 16.8 Å². The van der Waals surface area contributed by atoms with Gasteiger partial charge in [-0.15, -0.1) is 0 Å². The van der Waals surface area contributed by atoms with Crippen molar-refractivity contribution in [1.29, 1.82) is 0 Å². The molecule has 6 nitrogen and oxygen atoms in total. The van der Waals surface area contributed by atoms with Gasteiger partial charge in [0.05, 0.1) is 0 Å². The third kappa shape index (κ3) is 5.96. The Labute approximate surface area is 147 Å². The number of nitrogens with zero attached hydrogens (tertiary/aromatic N) is 3. The number of carbonyl (C=O) groups is 1. The maximum atomic E-state index is 11.5. The fraction of sp³-hybridized carbons (Fsp3) is 0.889. The molecule has 2 aliphatic rings. The Hall–Kier alpha value is -1.30. The molecule has 0 saturated carbocycles. The number of guanidine groups is 1. The van der Waals surface area contributed by atoms with Crippen molar-refractivity contribution in [2.75, 3.05) is 53.4 Å². The number of piperidine rings is 2. The number of amides is 1. The molecule has 0 bridgehead atoms. The number of rotatable bonds is 5. The van der Waals surface area contributed by atoms with E-state index in [9.17, 15) is 4.79 Å². The summed E-state index contributed by atoms with van der Waals surface area (Å²) in [6.45, 7) is 8.83. The Kier molecular flexibility index (Phi) is 7.82. The van der Waals surface area contributed by atoms with Crippen LogP contribution in [-0.2, 0) is 4.79 Å². The van der Waals surface area contributed by atoms with Crippen LogP contribution in [0.4, 0.5) is 0 Å². The van der Waals surface area contributed by atoms with Gasteiger partial charge in [0.2, 0.25) is 5.91 Å². The highest BCUT2D eigenvalue weighted by molar-refractivity contribution is 5.80. The topological polar surface area (TPSA) is 60.0 Å². The summed E-state index contributed by atoms with van der Waals surface area (Å²) in [5, 5.41) is 6.25. The van der Waals surface area contributed by atoms with Gasteiger partial charge in [0.15, 0.2) is 5.96 Å². The second-order valence-electron chi connectivity index (χ2n) is 7.33. The molecule has 2 saturated heterocycles. The van der Waals surface area contributed by atoms with E-state index in [2.05, 4.69) is 32.3 Å². The molecular formula is C18H35N5O. The summed E-state index contributed by atoms with van der Waals surface area (Å²) in [6.07, 6.45) is 5.49. The van der Waals surface area contributed by atoms with Crippen LogP contribution < -0.4 is 10.6 Å². The molecule has 2 heterocycles. The number of hydrogen-bond acceptors (Lipinski definition) is 3. The lowest BCUT2D eigenvalue weighted by atomic mass is 9.93. The Morgan fingerprint density at radius 3 is 2.58 bits per heavy atom. The SMILES string of the molecule is CN=C(NCCN1CCCC(C)C1)N1CCC(CC(=O)NC)CC1. The Morgan fingerprint density at radius 2 is 1.96 bits per heavy atom. The van der Waals surface area contributed by atoms with Crippen LogP contribution in [0.15, 0.2) is 4.99 Å². The quantitative estimate of drug-likeness (QED) is 0.583. The number of hydrogen-bond donors (Lipinski definition) is 2. The molecule has 1 unspecified atom stereocenters. The van der Waals surface area contributed by atoms with E-state index in [1.165, 1.54) is 25.9 Å². The van der Waals surface area contributed by atoms with Crippen LogP contribution in [0, 0.1) is 11.8 Å². The highest BCUT2D eigenvalue weighted by atomic mass is 16.1. The smallest absolute Gasteiger partial charge is 0.220 e. The van der Waals surface area contributed by atoms with E-state index in [-0.39, 0.29) is 5.91 Å². The molecule has 0 aliphatic carbocycles. The first-order chi connectivity index (χ1) is 11.6. The molecule has 2 rings (SSSR count). The summed E-state index contributed by atoms with van der Waals surface area (Å²) in [4.78, 5) is 20.8. The molecule has 1 amide bonds. The largest absolute Gasteiger partial charge is 0.359 e. The summed E-state index contributed by atoms with van der Waals surface area (Å²) < 4.78 is 0. The van der Waals surface area contributed by atoms with Gasteiger partial charge in [-0.3, -0.25) is 9.79 Å². The van der Waals surface area contributed by atoms with Crippen LogP contribution in [0.25, 0.3) is 0 Å². The number of likely N-dealkylation sites (tertiary alicyclic amines) is 2. The van der Waals surface area contributed by atoms with Crippen LogP contribution in [0.3, 0.4) is 0 Å². The van der Waals surface area contributed by atoms with Crippen molar-refractivity contribution in [2.45, 2.75) is 39.0 Å². The zero-order valence-electron chi connectivity index (χ0n) is 15.7. The Bertz CT molecular complexity index is 418. The number of nitrogens with one attached hydrogen (secondary N) is 2. The minimum atomic E-state index is 0.159. The molecule has 0 spiro atoms. The van der Waals surface area contributed by atoms with E-state index >= 15 is 0 Å². The standard InChI is InChI=1S/C18H35N5O/c1-15-5-4-9-22(14-15)12-8-21-18(20-3)23-10-6-16(7-11-23)13-17(24)19-2/h15-16H,4-14H2,1-3H3,(H,19,24)(H,20,21). The van der Waals surface area contributed by atoms with Gasteiger partial charge in [-0.1, -0.05) is 6.92 Å². The van der Waals surface area contributed by atoms with E-state index in [0.29, 0.717) is 12.3 Å². The van der Waals surface area contributed by atoms with Crippen molar-refractivity contribution in [3.05, 3.63) is 0 Å². The van der Waals surface area contributed by atoms with Gasteiger partial charge in [0, 0.05) is 53.2 Å². The van der Waals surface area contributed by atoms with Crippen molar-refractivity contribution >= 4 is 11.9 Å². The molecule has 6 heteroatoms. The minimum Gasteiger partial charge on any atom is -0.359 e.